The zero-order chi connectivity index (χ0) is 26.2. The first-order chi connectivity index (χ1) is 17.8. The summed E-state index contributed by atoms with van der Waals surface area (Å²) in [6.45, 7) is 2.13. The number of nitrogens with one attached hydrogen (secondary N) is 1. The molecule has 1 saturated carbocycles. The SMILES string of the molecule is CCC[C@@H]1CCCCCc2c1oc(=O)c([C@@H](c1cccc(NS(=O)(=O)c3cn(C)cn3)c1)C1CC1)c2O. The number of anilines is 1. The predicted molar refractivity (Wildman–Crippen MR) is 141 cm³/mol. The maximum atomic E-state index is 13.5. The van der Waals surface area contributed by atoms with E-state index in [9.17, 15) is 18.3 Å². The molecule has 2 heterocycles. The molecule has 0 unspecified atom stereocenters. The maximum absolute atomic E-state index is 13.5. The second kappa shape index (κ2) is 10.4. The Hall–Kier alpha value is -3.07. The molecular formula is C28H35N3O5S. The summed E-state index contributed by atoms with van der Waals surface area (Å²) in [6.07, 6.45) is 11.5. The summed E-state index contributed by atoms with van der Waals surface area (Å²) in [5.74, 6) is 0.715. The van der Waals surface area contributed by atoms with Gasteiger partial charge in [0.1, 0.15) is 11.5 Å². The van der Waals surface area contributed by atoms with E-state index in [0.29, 0.717) is 23.4 Å². The molecular weight excluding hydrogens is 490 g/mol. The van der Waals surface area contributed by atoms with Gasteiger partial charge in [-0.3, -0.25) is 4.72 Å². The van der Waals surface area contributed by atoms with Gasteiger partial charge in [0.05, 0.1) is 11.9 Å². The summed E-state index contributed by atoms with van der Waals surface area (Å²) < 4.78 is 35.9. The summed E-state index contributed by atoms with van der Waals surface area (Å²) >= 11 is 0. The number of imidazole rings is 1. The predicted octanol–water partition coefficient (Wildman–Crippen LogP) is 5.42. The van der Waals surface area contributed by atoms with Crippen LogP contribution in [-0.4, -0.2) is 23.1 Å². The van der Waals surface area contributed by atoms with Crippen molar-refractivity contribution in [2.75, 3.05) is 4.72 Å². The lowest BCUT2D eigenvalue weighted by Gasteiger charge is -2.25. The van der Waals surface area contributed by atoms with Crippen molar-refractivity contribution in [2.45, 2.75) is 81.6 Å². The number of hydrogen-bond acceptors (Lipinski definition) is 6. The molecule has 8 nitrogen and oxygen atoms in total. The van der Waals surface area contributed by atoms with Gasteiger partial charge >= 0.3 is 5.63 Å². The fourth-order valence-corrected chi connectivity index (χ4v) is 6.73. The van der Waals surface area contributed by atoms with Crippen molar-refractivity contribution in [3.8, 4) is 5.75 Å². The first kappa shape index (κ1) is 25.6. The molecule has 5 rings (SSSR count). The van der Waals surface area contributed by atoms with Crippen molar-refractivity contribution in [3.63, 3.8) is 0 Å². The summed E-state index contributed by atoms with van der Waals surface area (Å²) in [5, 5.41) is 11.5. The largest absolute Gasteiger partial charge is 0.507 e. The summed E-state index contributed by atoms with van der Waals surface area (Å²) in [4.78, 5) is 17.4. The van der Waals surface area contributed by atoms with Crippen molar-refractivity contribution in [1.29, 1.82) is 0 Å². The number of aryl methyl sites for hydroxylation is 1. The summed E-state index contributed by atoms with van der Waals surface area (Å²) in [7, 11) is -2.16. The molecule has 2 aliphatic carbocycles. The van der Waals surface area contributed by atoms with E-state index in [2.05, 4.69) is 16.6 Å². The number of hydrogen-bond donors (Lipinski definition) is 2. The van der Waals surface area contributed by atoms with Gasteiger partial charge in [0.2, 0.25) is 0 Å². The Labute approximate surface area is 217 Å². The van der Waals surface area contributed by atoms with Crippen LogP contribution in [0.1, 0.15) is 92.6 Å². The second-order valence-electron chi connectivity index (χ2n) is 10.5. The normalized spacial score (nSPS) is 19.0. The smallest absolute Gasteiger partial charge is 0.343 e. The third-order valence-corrected chi connectivity index (χ3v) is 8.87. The highest BCUT2D eigenvalue weighted by Crippen LogP contribution is 2.49. The van der Waals surface area contributed by atoms with E-state index in [1.54, 1.807) is 29.8 Å². The lowest BCUT2D eigenvalue weighted by Crippen LogP contribution is -2.20. The van der Waals surface area contributed by atoms with Crippen LogP contribution < -0.4 is 10.3 Å². The van der Waals surface area contributed by atoms with Crippen molar-refractivity contribution >= 4 is 15.7 Å². The Kier molecular flexibility index (Phi) is 7.16. The fraction of sp³-hybridized carbons (Fsp3) is 0.500. The molecule has 0 bridgehead atoms. The van der Waals surface area contributed by atoms with Crippen molar-refractivity contribution < 1.29 is 17.9 Å². The van der Waals surface area contributed by atoms with Gasteiger partial charge in [-0.1, -0.05) is 38.3 Å². The van der Waals surface area contributed by atoms with Crippen LogP contribution in [-0.2, 0) is 23.5 Å². The number of aromatic hydroxyl groups is 1. The third kappa shape index (κ3) is 5.32. The number of benzene rings is 1. The van der Waals surface area contributed by atoms with Crippen LogP contribution >= 0.6 is 0 Å². The van der Waals surface area contributed by atoms with Gasteiger partial charge in [-0.2, -0.15) is 8.42 Å². The van der Waals surface area contributed by atoms with E-state index in [1.807, 2.05) is 6.07 Å². The Balaban J connectivity index is 1.54. The summed E-state index contributed by atoms with van der Waals surface area (Å²) in [6, 6.07) is 7.08. The Morgan fingerprint density at radius 3 is 2.73 bits per heavy atom. The molecule has 0 saturated heterocycles. The average molecular weight is 526 g/mol. The quantitative estimate of drug-likeness (QED) is 0.406. The van der Waals surface area contributed by atoms with Gasteiger partial charge in [-0.15, -0.1) is 0 Å². The molecule has 2 atom stereocenters. The lowest BCUT2D eigenvalue weighted by molar-refractivity contribution is 0.345. The second-order valence-corrected chi connectivity index (χ2v) is 12.1. The first-order valence-corrected chi connectivity index (χ1v) is 14.8. The van der Waals surface area contributed by atoms with E-state index >= 15 is 0 Å². The van der Waals surface area contributed by atoms with E-state index < -0.39 is 15.6 Å². The van der Waals surface area contributed by atoms with E-state index in [0.717, 1.165) is 62.5 Å². The molecule has 2 aromatic heterocycles. The summed E-state index contributed by atoms with van der Waals surface area (Å²) in [5.41, 5.74) is 1.77. The molecule has 3 aromatic rings. The molecule has 9 heteroatoms. The van der Waals surface area contributed by atoms with Crippen molar-refractivity contribution in [1.82, 2.24) is 9.55 Å². The van der Waals surface area contributed by atoms with Gasteiger partial charge < -0.3 is 14.1 Å². The van der Waals surface area contributed by atoms with Crippen molar-refractivity contribution in [3.05, 3.63) is 69.7 Å². The fourth-order valence-electron chi connectivity index (χ4n) is 5.70. The topological polar surface area (TPSA) is 114 Å². The van der Waals surface area contributed by atoms with Crippen LogP contribution in [0.4, 0.5) is 5.69 Å². The number of nitrogens with zero attached hydrogens (tertiary/aromatic N) is 2. The molecule has 2 N–H and O–H groups in total. The molecule has 0 amide bonds. The molecule has 198 valence electrons. The minimum Gasteiger partial charge on any atom is -0.507 e. The Bertz CT molecular complexity index is 1440. The van der Waals surface area contributed by atoms with Crippen molar-refractivity contribution in [2.24, 2.45) is 13.0 Å². The zero-order valence-electron chi connectivity index (χ0n) is 21.4. The molecule has 2 aliphatic rings. The number of fused-ring (bicyclic) bond motifs is 1. The minimum absolute atomic E-state index is 0.0688. The van der Waals surface area contributed by atoms with Crippen LogP contribution in [0.5, 0.6) is 5.75 Å². The standard InChI is InChI=1S/C28H35N3O5S/c1-3-8-19-9-5-4-6-12-22-26(32)25(28(33)36-27(19)22)24(18-13-14-18)20-10-7-11-21(15-20)30-37(34,35)23-16-31(2)17-29-23/h7,10-11,15-19,24,30,32H,3-6,8-9,12-14H2,1-2H3/t19-,24-/m1/s1. The van der Waals surface area contributed by atoms with Crippen LogP contribution in [0.3, 0.4) is 0 Å². The zero-order valence-corrected chi connectivity index (χ0v) is 22.3. The number of rotatable bonds is 8. The average Bonchev–Trinajstić information content (AvgIpc) is 3.58. The molecule has 1 fully saturated rings. The monoisotopic (exact) mass is 525 g/mol. The van der Waals surface area contributed by atoms with E-state index in [4.69, 9.17) is 4.42 Å². The number of sulfonamides is 1. The molecule has 1 aromatic carbocycles. The minimum atomic E-state index is -3.86. The molecule has 0 radical (unpaired) electrons. The van der Waals surface area contributed by atoms with Gasteiger partial charge in [-0.05, 0) is 62.1 Å². The molecule has 37 heavy (non-hydrogen) atoms. The number of aromatic nitrogens is 2. The van der Waals surface area contributed by atoms with Gasteiger partial charge in [0, 0.05) is 36.3 Å². The lowest BCUT2D eigenvalue weighted by atomic mass is 9.82. The Morgan fingerprint density at radius 1 is 1.22 bits per heavy atom. The highest BCUT2D eigenvalue weighted by molar-refractivity contribution is 7.92. The van der Waals surface area contributed by atoms with E-state index in [1.165, 1.54) is 12.5 Å². The van der Waals surface area contributed by atoms with Crippen LogP contribution in [0.25, 0.3) is 0 Å². The van der Waals surface area contributed by atoms with Gasteiger partial charge in [-0.25, -0.2) is 9.78 Å². The van der Waals surface area contributed by atoms with Crippen LogP contribution in [0.2, 0.25) is 0 Å². The first-order valence-electron chi connectivity index (χ1n) is 13.3. The highest BCUT2D eigenvalue weighted by atomic mass is 32.2. The van der Waals surface area contributed by atoms with Gasteiger partial charge in [0.25, 0.3) is 10.0 Å². The third-order valence-electron chi connectivity index (χ3n) is 7.61. The highest BCUT2D eigenvalue weighted by Gasteiger charge is 2.39. The molecule has 0 aliphatic heterocycles. The van der Waals surface area contributed by atoms with Crippen LogP contribution in [0, 0.1) is 5.92 Å². The maximum Gasteiger partial charge on any atom is 0.343 e. The van der Waals surface area contributed by atoms with E-state index in [-0.39, 0.29) is 28.5 Å². The molecule has 0 spiro atoms. The van der Waals surface area contributed by atoms with Crippen LogP contribution in [0.15, 0.2) is 51.0 Å². The Morgan fingerprint density at radius 2 is 2.03 bits per heavy atom. The van der Waals surface area contributed by atoms with Gasteiger partial charge in [0.15, 0.2) is 5.03 Å².